The molecule has 0 bridgehead atoms. The van der Waals surface area contributed by atoms with Crippen LogP contribution in [0.1, 0.15) is 18.5 Å². The molecule has 2 heterocycles. The minimum atomic E-state index is -4.78. The largest absolute Gasteiger partial charge is 0.573 e. The Morgan fingerprint density at radius 1 is 1.18 bits per heavy atom. The molecule has 1 aromatic heterocycles. The second-order valence-electron chi connectivity index (χ2n) is 6.90. The Morgan fingerprint density at radius 2 is 1.91 bits per heavy atom. The Kier molecular flexibility index (Phi) is 6.58. The Labute approximate surface area is 190 Å². The molecule has 9 nitrogen and oxygen atoms in total. The highest BCUT2D eigenvalue weighted by Gasteiger charge is 2.31. The van der Waals surface area contributed by atoms with Crippen LogP contribution in [-0.4, -0.2) is 51.4 Å². The van der Waals surface area contributed by atoms with Crippen LogP contribution in [0.15, 0.2) is 47.6 Å². The average Bonchev–Trinajstić information content (AvgIpc) is 3.25. The number of aromatic nitrogens is 4. The molecule has 0 radical (unpaired) electrons. The summed E-state index contributed by atoms with van der Waals surface area (Å²) in [4.78, 5) is 12.4. The van der Waals surface area contributed by atoms with E-state index in [4.69, 9.17) is 9.47 Å². The number of hydrogen-bond acceptors (Lipinski definition) is 8. The van der Waals surface area contributed by atoms with Gasteiger partial charge >= 0.3 is 6.36 Å². The zero-order valence-electron chi connectivity index (χ0n) is 17.2. The summed E-state index contributed by atoms with van der Waals surface area (Å²) >= 11 is 1.09. The van der Waals surface area contributed by atoms with Gasteiger partial charge in [0.25, 0.3) is 0 Å². The lowest BCUT2D eigenvalue weighted by Gasteiger charge is -2.21. The number of carbonyl (C=O) groups is 1. The van der Waals surface area contributed by atoms with Crippen molar-refractivity contribution in [3.63, 3.8) is 0 Å². The predicted molar refractivity (Wildman–Crippen MR) is 111 cm³/mol. The Bertz CT molecular complexity index is 1120. The molecule has 0 spiro atoms. The van der Waals surface area contributed by atoms with Gasteiger partial charge in [0.05, 0.1) is 17.5 Å². The van der Waals surface area contributed by atoms with Crippen molar-refractivity contribution in [2.45, 2.75) is 24.5 Å². The van der Waals surface area contributed by atoms with Crippen LogP contribution >= 0.6 is 11.8 Å². The number of hydrogen-bond donors (Lipinski definition) is 1. The third-order valence-corrected chi connectivity index (χ3v) is 5.45. The second-order valence-corrected chi connectivity index (χ2v) is 7.84. The highest BCUT2D eigenvalue weighted by atomic mass is 32.2. The van der Waals surface area contributed by atoms with Crippen molar-refractivity contribution < 1.29 is 32.2 Å². The molecule has 0 fully saturated rings. The van der Waals surface area contributed by atoms with Gasteiger partial charge in [0.2, 0.25) is 11.1 Å². The van der Waals surface area contributed by atoms with Gasteiger partial charge < -0.3 is 19.5 Å². The summed E-state index contributed by atoms with van der Waals surface area (Å²) in [7, 11) is 0. The monoisotopic (exact) mass is 481 g/mol. The van der Waals surface area contributed by atoms with E-state index in [0.29, 0.717) is 35.6 Å². The van der Waals surface area contributed by atoms with Crippen LogP contribution < -0.4 is 19.5 Å². The molecule has 3 aromatic rings. The number of carbonyl (C=O) groups excluding carboxylic acids is 1. The molecule has 0 aliphatic carbocycles. The molecule has 33 heavy (non-hydrogen) atoms. The van der Waals surface area contributed by atoms with Crippen molar-refractivity contribution in [3.05, 3.63) is 48.0 Å². The summed E-state index contributed by atoms with van der Waals surface area (Å²) < 4.78 is 53.2. The molecule has 1 amide bonds. The molecule has 0 saturated carbocycles. The van der Waals surface area contributed by atoms with E-state index in [1.807, 2.05) is 19.1 Å². The Hall–Kier alpha value is -3.48. The second kappa shape index (κ2) is 9.57. The number of fused-ring (bicyclic) bond motifs is 1. The number of rotatable bonds is 7. The molecule has 0 saturated heterocycles. The summed E-state index contributed by atoms with van der Waals surface area (Å²) in [5, 5.41) is 14.5. The van der Waals surface area contributed by atoms with Crippen LogP contribution in [0.3, 0.4) is 0 Å². The molecular formula is C20H18F3N5O4S. The summed E-state index contributed by atoms with van der Waals surface area (Å²) in [5.41, 5.74) is 1.28. The summed E-state index contributed by atoms with van der Waals surface area (Å²) in [6.07, 6.45) is -4.78. The van der Waals surface area contributed by atoms with Crippen LogP contribution in [0, 0.1) is 0 Å². The number of tetrazole rings is 1. The third kappa shape index (κ3) is 5.86. The first-order valence-electron chi connectivity index (χ1n) is 9.75. The van der Waals surface area contributed by atoms with Gasteiger partial charge in [-0.3, -0.25) is 4.79 Å². The zero-order chi connectivity index (χ0) is 23.4. The number of nitrogens with zero attached hydrogens (tertiary/aromatic N) is 4. The van der Waals surface area contributed by atoms with E-state index in [-0.39, 0.29) is 23.5 Å². The van der Waals surface area contributed by atoms with Crippen molar-refractivity contribution >= 4 is 17.7 Å². The maximum absolute atomic E-state index is 12.4. The van der Waals surface area contributed by atoms with Crippen LogP contribution in [0.2, 0.25) is 0 Å². The summed E-state index contributed by atoms with van der Waals surface area (Å²) in [6.45, 7) is 2.82. The van der Waals surface area contributed by atoms with Crippen LogP contribution in [0.4, 0.5) is 13.2 Å². The Morgan fingerprint density at radius 3 is 2.64 bits per heavy atom. The van der Waals surface area contributed by atoms with Crippen molar-refractivity contribution in [3.8, 4) is 22.9 Å². The first-order chi connectivity index (χ1) is 15.8. The van der Waals surface area contributed by atoms with Gasteiger partial charge in [-0.05, 0) is 59.3 Å². The van der Waals surface area contributed by atoms with E-state index in [1.165, 1.54) is 16.8 Å². The number of benzene rings is 2. The number of ether oxygens (including phenoxy) is 3. The van der Waals surface area contributed by atoms with Crippen molar-refractivity contribution in [1.29, 1.82) is 0 Å². The van der Waals surface area contributed by atoms with Crippen molar-refractivity contribution in [1.82, 2.24) is 25.5 Å². The molecule has 1 N–H and O–H groups in total. The predicted octanol–water partition coefficient (Wildman–Crippen LogP) is 3.30. The minimum absolute atomic E-state index is 0.0323. The van der Waals surface area contributed by atoms with Gasteiger partial charge in [0.15, 0.2) is 11.5 Å². The topological polar surface area (TPSA) is 100 Å². The van der Waals surface area contributed by atoms with Gasteiger partial charge in [-0.15, -0.1) is 18.3 Å². The van der Waals surface area contributed by atoms with E-state index in [0.717, 1.165) is 29.5 Å². The molecular weight excluding hydrogens is 463 g/mol. The molecule has 1 aliphatic heterocycles. The van der Waals surface area contributed by atoms with E-state index in [1.54, 1.807) is 6.07 Å². The van der Waals surface area contributed by atoms with Crippen LogP contribution in [-0.2, 0) is 4.79 Å². The lowest BCUT2D eigenvalue weighted by atomic mass is 10.1. The highest BCUT2D eigenvalue weighted by molar-refractivity contribution is 7.99. The molecule has 1 atom stereocenters. The van der Waals surface area contributed by atoms with Crippen LogP contribution in [0.5, 0.6) is 17.2 Å². The highest BCUT2D eigenvalue weighted by Crippen LogP contribution is 2.32. The van der Waals surface area contributed by atoms with E-state index in [2.05, 4.69) is 25.6 Å². The van der Waals surface area contributed by atoms with E-state index >= 15 is 0 Å². The smallest absolute Gasteiger partial charge is 0.486 e. The van der Waals surface area contributed by atoms with Gasteiger partial charge in [-0.2, -0.15) is 4.68 Å². The number of alkyl halides is 3. The molecule has 13 heteroatoms. The number of halogens is 3. The quantitative estimate of drug-likeness (QED) is 0.513. The van der Waals surface area contributed by atoms with E-state index in [9.17, 15) is 18.0 Å². The lowest BCUT2D eigenvalue weighted by molar-refractivity contribution is -0.274. The van der Waals surface area contributed by atoms with Gasteiger partial charge in [-0.25, -0.2) is 0 Å². The standard InChI is InChI=1S/C20H18F3N5O4S/c1-12(13-2-7-16-17(10-13)31-9-8-30-16)24-18(29)11-33-19-25-26-27-28(19)14-3-5-15(6-4-14)32-20(21,22)23/h2-7,10,12H,8-9,11H2,1H3,(H,24,29). The van der Waals surface area contributed by atoms with Crippen LogP contribution in [0.25, 0.3) is 5.69 Å². The minimum Gasteiger partial charge on any atom is -0.486 e. The van der Waals surface area contributed by atoms with Crippen molar-refractivity contribution in [2.75, 3.05) is 19.0 Å². The maximum atomic E-state index is 12.4. The lowest BCUT2D eigenvalue weighted by Crippen LogP contribution is -2.28. The fourth-order valence-corrected chi connectivity index (χ4v) is 3.75. The normalized spacial score (nSPS) is 13.9. The average molecular weight is 481 g/mol. The molecule has 2 aromatic carbocycles. The Balaban J connectivity index is 1.34. The molecule has 174 valence electrons. The van der Waals surface area contributed by atoms with E-state index < -0.39 is 6.36 Å². The first kappa shape index (κ1) is 22.7. The zero-order valence-corrected chi connectivity index (χ0v) is 18.0. The SMILES string of the molecule is CC(NC(=O)CSc1nnnn1-c1ccc(OC(F)(F)F)cc1)c1ccc2c(c1)OCCO2. The molecule has 4 rings (SSSR count). The van der Waals surface area contributed by atoms with Gasteiger partial charge in [0.1, 0.15) is 19.0 Å². The van der Waals surface area contributed by atoms with Crippen molar-refractivity contribution in [2.24, 2.45) is 0 Å². The molecule has 1 unspecified atom stereocenters. The molecule has 1 aliphatic rings. The van der Waals surface area contributed by atoms with Gasteiger partial charge in [0, 0.05) is 0 Å². The number of thioether (sulfide) groups is 1. The maximum Gasteiger partial charge on any atom is 0.573 e. The fraction of sp³-hybridized carbons (Fsp3) is 0.300. The first-order valence-corrected chi connectivity index (χ1v) is 10.7. The third-order valence-electron chi connectivity index (χ3n) is 4.53. The summed E-state index contributed by atoms with van der Waals surface area (Å²) in [6, 6.07) is 10.3. The fourth-order valence-electron chi connectivity index (χ4n) is 3.05. The summed E-state index contributed by atoms with van der Waals surface area (Å²) in [5.74, 6) is 0.737. The number of nitrogens with one attached hydrogen (secondary N) is 1. The number of amides is 1. The van der Waals surface area contributed by atoms with Gasteiger partial charge in [-0.1, -0.05) is 17.8 Å².